The molecule has 2 heterocycles. The van der Waals surface area contributed by atoms with E-state index in [9.17, 15) is 9.59 Å². The third-order valence-corrected chi connectivity index (χ3v) is 4.05. The number of likely N-dealkylation sites (N-methyl/N-ethyl adjacent to an activating group) is 1. The predicted octanol–water partition coefficient (Wildman–Crippen LogP) is -0.330. The van der Waals surface area contributed by atoms with Crippen molar-refractivity contribution in [2.24, 2.45) is 0 Å². The van der Waals surface area contributed by atoms with Crippen LogP contribution in [-0.2, 0) is 9.59 Å². The molecule has 0 radical (unpaired) electrons. The minimum Gasteiger partial charge on any atom is -0.480 e. The van der Waals surface area contributed by atoms with E-state index in [1.807, 2.05) is 30.1 Å². The topological polar surface area (TPSA) is 67.3 Å². The van der Waals surface area contributed by atoms with Crippen LogP contribution in [0.15, 0.2) is 12.4 Å². The first-order valence-corrected chi connectivity index (χ1v) is 7.28. The summed E-state index contributed by atoms with van der Waals surface area (Å²) >= 11 is 0. The highest BCUT2D eigenvalue weighted by Crippen LogP contribution is 2.15. The molecule has 7 nitrogen and oxygen atoms in total. The van der Waals surface area contributed by atoms with Gasteiger partial charge in [-0.2, -0.15) is 0 Å². The highest BCUT2D eigenvalue weighted by Gasteiger charge is 2.27. The Bertz CT molecular complexity index is 424. The lowest BCUT2D eigenvalue weighted by atomic mass is 10.2. The third-order valence-electron chi connectivity index (χ3n) is 4.05. The molecule has 0 spiro atoms. The number of hydrogen-bond donors (Lipinski definition) is 1. The zero-order valence-corrected chi connectivity index (χ0v) is 12.7. The van der Waals surface area contributed by atoms with E-state index in [-0.39, 0.29) is 12.5 Å². The predicted molar refractivity (Wildman–Crippen MR) is 78.3 cm³/mol. The smallest absolute Gasteiger partial charge is 0.323 e. The first-order chi connectivity index (χ1) is 9.95. The number of likely N-dealkylation sites (tertiary alicyclic amines) is 1. The molecule has 1 atom stereocenters. The number of carbonyl (C=O) groups excluding carboxylic acids is 1. The zero-order valence-electron chi connectivity index (χ0n) is 12.7. The van der Waals surface area contributed by atoms with Crippen molar-refractivity contribution in [2.45, 2.75) is 18.9 Å². The van der Waals surface area contributed by atoms with Crippen LogP contribution in [0.1, 0.15) is 12.8 Å². The summed E-state index contributed by atoms with van der Waals surface area (Å²) in [5, 5.41) is 8.73. The number of aliphatic carboxylic acids is 1. The molecule has 0 aliphatic carbocycles. The maximum absolute atomic E-state index is 12.2. The van der Waals surface area contributed by atoms with E-state index in [1.54, 1.807) is 11.1 Å². The summed E-state index contributed by atoms with van der Waals surface area (Å²) in [5.74, 6) is -0.659. The summed E-state index contributed by atoms with van der Waals surface area (Å²) in [5.41, 5.74) is 0. The van der Waals surface area contributed by atoms with Crippen LogP contribution in [0.5, 0.6) is 0 Å². The summed E-state index contributed by atoms with van der Waals surface area (Å²) in [6.07, 6.45) is 5.12. The summed E-state index contributed by atoms with van der Waals surface area (Å²) in [4.78, 5) is 30.6. The second-order valence-electron chi connectivity index (χ2n) is 5.89. The van der Waals surface area contributed by atoms with E-state index >= 15 is 0 Å². The first kappa shape index (κ1) is 15.6. The molecule has 0 bridgehead atoms. The van der Waals surface area contributed by atoms with Gasteiger partial charge in [-0.15, -0.1) is 0 Å². The fourth-order valence-corrected chi connectivity index (χ4v) is 2.73. The van der Waals surface area contributed by atoms with Gasteiger partial charge in [-0.1, -0.05) is 0 Å². The lowest BCUT2D eigenvalue weighted by Crippen LogP contribution is -2.36. The van der Waals surface area contributed by atoms with Crippen molar-refractivity contribution >= 4 is 11.9 Å². The molecule has 1 saturated heterocycles. The monoisotopic (exact) mass is 296 g/mol. The molecule has 0 aromatic rings. The Kier molecular flexibility index (Phi) is 5.06. The third kappa shape index (κ3) is 4.35. The molecule has 0 saturated carbocycles. The van der Waals surface area contributed by atoms with Gasteiger partial charge in [0.2, 0.25) is 5.91 Å². The van der Waals surface area contributed by atoms with Gasteiger partial charge in [-0.05, 0) is 20.5 Å². The van der Waals surface area contributed by atoms with Crippen LogP contribution in [0.2, 0.25) is 0 Å². The Balaban J connectivity index is 1.69. The molecule has 1 fully saturated rings. The molecule has 21 heavy (non-hydrogen) atoms. The van der Waals surface area contributed by atoms with Crippen LogP contribution < -0.4 is 0 Å². The molecule has 2 aliphatic rings. The van der Waals surface area contributed by atoms with Crippen LogP contribution in [0.4, 0.5) is 0 Å². The summed E-state index contributed by atoms with van der Waals surface area (Å²) in [7, 11) is 4.09. The molecule has 7 heteroatoms. The van der Waals surface area contributed by atoms with Gasteiger partial charge in [-0.25, -0.2) is 0 Å². The van der Waals surface area contributed by atoms with E-state index in [4.69, 9.17) is 5.11 Å². The number of carboxylic acids is 1. The zero-order chi connectivity index (χ0) is 15.4. The van der Waals surface area contributed by atoms with Crippen molar-refractivity contribution in [3.8, 4) is 0 Å². The summed E-state index contributed by atoms with van der Waals surface area (Å²) in [6, 6.07) is 0.465. The van der Waals surface area contributed by atoms with Crippen LogP contribution in [0.3, 0.4) is 0 Å². The molecule has 0 aromatic carbocycles. The fraction of sp³-hybridized carbons (Fsp3) is 0.714. The molecule has 2 aliphatic heterocycles. The van der Waals surface area contributed by atoms with Gasteiger partial charge in [0.15, 0.2) is 0 Å². The van der Waals surface area contributed by atoms with Gasteiger partial charge < -0.3 is 24.7 Å². The minimum atomic E-state index is -0.843. The van der Waals surface area contributed by atoms with E-state index in [1.165, 1.54) is 0 Å². The van der Waals surface area contributed by atoms with Crippen molar-refractivity contribution in [2.75, 3.05) is 46.9 Å². The SMILES string of the molecule is CN(C)C1CCN(C(=O)CCN2C=CN(CC(=O)O)C2)C1. The molecule has 1 N–H and O–H groups in total. The molecular weight excluding hydrogens is 272 g/mol. The van der Waals surface area contributed by atoms with Crippen molar-refractivity contribution in [1.29, 1.82) is 0 Å². The maximum atomic E-state index is 12.2. The first-order valence-electron chi connectivity index (χ1n) is 7.28. The Hall–Kier alpha value is -1.76. The van der Waals surface area contributed by atoms with Crippen molar-refractivity contribution in [3.05, 3.63) is 12.4 Å². The highest BCUT2D eigenvalue weighted by molar-refractivity contribution is 5.76. The van der Waals surface area contributed by atoms with Crippen LogP contribution in [0, 0.1) is 0 Å². The van der Waals surface area contributed by atoms with Gasteiger partial charge in [0.1, 0.15) is 6.54 Å². The Labute approximate surface area is 125 Å². The second-order valence-corrected chi connectivity index (χ2v) is 5.89. The van der Waals surface area contributed by atoms with Gasteiger partial charge in [0.05, 0.1) is 6.67 Å². The largest absolute Gasteiger partial charge is 0.480 e. The quantitative estimate of drug-likeness (QED) is 0.724. The standard InChI is InChI=1S/C14H24N4O3/c1-15(2)12-3-6-18(9-12)13(19)4-5-16-7-8-17(11-16)10-14(20)21/h7-8,12H,3-6,9-11H2,1-2H3,(H,20,21). The van der Waals surface area contributed by atoms with Crippen molar-refractivity contribution < 1.29 is 14.7 Å². The number of carbonyl (C=O) groups is 2. The molecule has 118 valence electrons. The molecule has 1 amide bonds. The molecule has 0 aromatic heterocycles. The average Bonchev–Trinajstić information content (AvgIpc) is 3.04. The number of rotatable bonds is 6. The van der Waals surface area contributed by atoms with Crippen molar-refractivity contribution in [1.82, 2.24) is 19.6 Å². The molecule has 2 rings (SSSR count). The van der Waals surface area contributed by atoms with Gasteiger partial charge in [0, 0.05) is 44.5 Å². The molecular formula is C14H24N4O3. The summed E-state index contributed by atoms with van der Waals surface area (Å²) in [6.45, 7) is 2.82. The van der Waals surface area contributed by atoms with Gasteiger partial charge in [0.25, 0.3) is 0 Å². The molecule has 1 unspecified atom stereocenters. The summed E-state index contributed by atoms with van der Waals surface area (Å²) < 4.78 is 0. The Morgan fingerprint density at radius 2 is 2.00 bits per heavy atom. The number of hydrogen-bond acceptors (Lipinski definition) is 5. The Morgan fingerprint density at radius 1 is 1.29 bits per heavy atom. The fourth-order valence-electron chi connectivity index (χ4n) is 2.73. The number of amides is 1. The van der Waals surface area contributed by atoms with E-state index in [0.29, 0.717) is 25.7 Å². The average molecular weight is 296 g/mol. The van der Waals surface area contributed by atoms with E-state index in [2.05, 4.69) is 4.90 Å². The lowest BCUT2D eigenvalue weighted by molar-refractivity contribution is -0.138. The number of carboxylic acid groups (broad SMARTS) is 1. The van der Waals surface area contributed by atoms with Crippen LogP contribution in [-0.4, -0.2) is 89.6 Å². The van der Waals surface area contributed by atoms with E-state index in [0.717, 1.165) is 19.5 Å². The Morgan fingerprint density at radius 3 is 2.62 bits per heavy atom. The minimum absolute atomic E-state index is 0.00239. The maximum Gasteiger partial charge on any atom is 0.323 e. The van der Waals surface area contributed by atoms with Crippen LogP contribution in [0.25, 0.3) is 0 Å². The van der Waals surface area contributed by atoms with E-state index < -0.39 is 5.97 Å². The lowest BCUT2D eigenvalue weighted by Gasteiger charge is -2.22. The second kappa shape index (κ2) is 6.80. The van der Waals surface area contributed by atoms with Crippen molar-refractivity contribution in [3.63, 3.8) is 0 Å². The van der Waals surface area contributed by atoms with Crippen LogP contribution >= 0.6 is 0 Å². The normalized spacial score (nSPS) is 21.7. The highest BCUT2D eigenvalue weighted by atomic mass is 16.4. The number of nitrogens with zero attached hydrogens (tertiary/aromatic N) is 4. The van der Waals surface area contributed by atoms with Gasteiger partial charge in [-0.3, -0.25) is 9.59 Å². The van der Waals surface area contributed by atoms with Gasteiger partial charge >= 0.3 is 5.97 Å².